The number of amides is 1. The molecule has 1 fully saturated rings. The van der Waals surface area contributed by atoms with E-state index in [2.05, 4.69) is 4.98 Å². The summed E-state index contributed by atoms with van der Waals surface area (Å²) < 4.78 is 38.3. The molecule has 4 rings (SSSR count). The van der Waals surface area contributed by atoms with E-state index >= 15 is 0 Å². The lowest BCUT2D eigenvalue weighted by atomic mass is 9.92. The van der Waals surface area contributed by atoms with Crippen LogP contribution in [0.15, 0.2) is 67.0 Å². The lowest BCUT2D eigenvalue weighted by molar-refractivity contribution is -0.137. The molecule has 1 saturated heterocycles. The van der Waals surface area contributed by atoms with E-state index in [0.717, 1.165) is 47.5 Å². The monoisotopic (exact) mass is 439 g/mol. The Morgan fingerprint density at radius 1 is 0.969 bits per heavy atom. The zero-order valence-corrected chi connectivity index (χ0v) is 17.6. The topological polar surface area (TPSA) is 46.1 Å². The molecule has 0 radical (unpaired) electrons. The Labute approximate surface area is 185 Å². The number of likely N-dealkylation sites (tertiary alicyclic amines) is 1. The van der Waals surface area contributed by atoms with Crippen LogP contribution in [0.2, 0.25) is 0 Å². The van der Waals surface area contributed by atoms with Gasteiger partial charge in [0, 0.05) is 49.2 Å². The maximum Gasteiger partial charge on any atom is 0.416 e. The molecule has 32 heavy (non-hydrogen) atoms. The number of pyridine rings is 2. The second kappa shape index (κ2) is 9.51. The van der Waals surface area contributed by atoms with Gasteiger partial charge < -0.3 is 4.90 Å². The molecule has 166 valence electrons. The SMILES string of the molecule is O=C(Cc1cccnc1)N1CCC(c2cccc(Cc3ccc(C(F)(F)F)cc3)n2)CC1. The minimum Gasteiger partial charge on any atom is -0.342 e. The molecule has 0 saturated carbocycles. The molecule has 0 bridgehead atoms. The van der Waals surface area contributed by atoms with Crippen molar-refractivity contribution in [1.82, 2.24) is 14.9 Å². The molecular weight excluding hydrogens is 415 g/mol. The van der Waals surface area contributed by atoms with Gasteiger partial charge in [-0.15, -0.1) is 0 Å². The van der Waals surface area contributed by atoms with E-state index in [-0.39, 0.29) is 11.8 Å². The van der Waals surface area contributed by atoms with Gasteiger partial charge in [-0.1, -0.05) is 24.3 Å². The number of alkyl halides is 3. The highest BCUT2D eigenvalue weighted by Gasteiger charge is 2.30. The third kappa shape index (κ3) is 5.52. The Morgan fingerprint density at radius 2 is 1.72 bits per heavy atom. The molecule has 0 spiro atoms. The first-order chi connectivity index (χ1) is 15.4. The van der Waals surface area contributed by atoms with E-state index in [0.29, 0.717) is 25.9 Å². The molecule has 0 atom stereocenters. The van der Waals surface area contributed by atoms with Crippen LogP contribution in [0.4, 0.5) is 13.2 Å². The summed E-state index contributed by atoms with van der Waals surface area (Å²) >= 11 is 0. The summed E-state index contributed by atoms with van der Waals surface area (Å²) in [5.41, 5.74) is 2.87. The molecule has 1 aromatic carbocycles. The number of piperidine rings is 1. The lowest BCUT2D eigenvalue weighted by Gasteiger charge is -2.32. The fourth-order valence-corrected chi connectivity index (χ4v) is 4.06. The van der Waals surface area contributed by atoms with Crippen molar-refractivity contribution < 1.29 is 18.0 Å². The maximum absolute atomic E-state index is 12.8. The normalized spacial score (nSPS) is 15.0. The number of hydrogen-bond acceptors (Lipinski definition) is 3. The smallest absolute Gasteiger partial charge is 0.342 e. The van der Waals surface area contributed by atoms with Gasteiger partial charge in [0.2, 0.25) is 5.91 Å². The van der Waals surface area contributed by atoms with Crippen molar-refractivity contribution in [2.45, 2.75) is 37.8 Å². The van der Waals surface area contributed by atoms with Crippen molar-refractivity contribution in [2.75, 3.05) is 13.1 Å². The fraction of sp³-hybridized carbons (Fsp3) is 0.320. The summed E-state index contributed by atoms with van der Waals surface area (Å²) in [5.74, 6) is 0.380. The Hall–Kier alpha value is -3.22. The van der Waals surface area contributed by atoms with Crippen LogP contribution in [0.25, 0.3) is 0 Å². The summed E-state index contributed by atoms with van der Waals surface area (Å²) in [6, 6.07) is 14.8. The first-order valence-corrected chi connectivity index (χ1v) is 10.7. The number of halogens is 3. The van der Waals surface area contributed by atoms with Crippen LogP contribution in [0.3, 0.4) is 0 Å². The molecule has 4 nitrogen and oxygen atoms in total. The standard InChI is InChI=1S/C25H24F3N3O/c26-25(27,28)21-8-6-18(7-9-21)15-22-4-1-5-23(30-22)20-10-13-31(14-11-20)24(32)16-19-3-2-12-29-17-19/h1-9,12,17,20H,10-11,13-16H2. The van der Waals surface area contributed by atoms with Gasteiger partial charge in [0.05, 0.1) is 12.0 Å². The van der Waals surface area contributed by atoms with E-state index in [1.165, 1.54) is 12.1 Å². The summed E-state index contributed by atoms with van der Waals surface area (Å²) in [7, 11) is 0. The number of benzene rings is 1. The van der Waals surface area contributed by atoms with Crippen LogP contribution in [0.5, 0.6) is 0 Å². The van der Waals surface area contributed by atoms with Crippen molar-refractivity contribution in [3.05, 3.63) is 95.1 Å². The van der Waals surface area contributed by atoms with E-state index in [1.54, 1.807) is 12.4 Å². The Balaban J connectivity index is 1.34. The molecule has 0 N–H and O–H groups in total. The van der Waals surface area contributed by atoms with Crippen LogP contribution in [-0.2, 0) is 23.8 Å². The third-order valence-corrected chi connectivity index (χ3v) is 5.84. The van der Waals surface area contributed by atoms with Gasteiger partial charge in [-0.25, -0.2) is 0 Å². The summed E-state index contributed by atoms with van der Waals surface area (Å²) in [6.07, 6.45) is 1.61. The Morgan fingerprint density at radius 3 is 2.38 bits per heavy atom. The number of carbonyl (C=O) groups excluding carboxylic acids is 1. The van der Waals surface area contributed by atoms with E-state index in [4.69, 9.17) is 4.98 Å². The predicted molar refractivity (Wildman–Crippen MR) is 115 cm³/mol. The minimum absolute atomic E-state index is 0.112. The summed E-state index contributed by atoms with van der Waals surface area (Å²) in [4.78, 5) is 23.3. The molecule has 0 unspecified atom stereocenters. The molecule has 3 heterocycles. The van der Waals surface area contributed by atoms with Gasteiger partial charge in [0.15, 0.2) is 0 Å². The number of carbonyl (C=O) groups is 1. The average Bonchev–Trinajstić information content (AvgIpc) is 2.80. The first kappa shape index (κ1) is 22.0. The van der Waals surface area contributed by atoms with Crippen LogP contribution < -0.4 is 0 Å². The largest absolute Gasteiger partial charge is 0.416 e. The Kier molecular flexibility index (Phi) is 6.53. The zero-order valence-electron chi connectivity index (χ0n) is 17.6. The highest BCUT2D eigenvalue weighted by Crippen LogP contribution is 2.30. The van der Waals surface area contributed by atoms with E-state index in [9.17, 15) is 18.0 Å². The molecule has 0 aliphatic carbocycles. The molecule has 1 aliphatic heterocycles. The number of aromatic nitrogens is 2. The first-order valence-electron chi connectivity index (χ1n) is 10.7. The van der Waals surface area contributed by atoms with E-state index < -0.39 is 11.7 Å². The van der Waals surface area contributed by atoms with Gasteiger partial charge >= 0.3 is 6.18 Å². The van der Waals surface area contributed by atoms with E-state index in [1.807, 2.05) is 35.2 Å². The van der Waals surface area contributed by atoms with Gasteiger partial charge in [-0.05, 0) is 54.3 Å². The van der Waals surface area contributed by atoms with Crippen molar-refractivity contribution in [3.63, 3.8) is 0 Å². The number of nitrogens with zero attached hydrogens (tertiary/aromatic N) is 3. The molecular formula is C25H24F3N3O. The van der Waals surface area contributed by atoms with Gasteiger partial charge in [-0.3, -0.25) is 14.8 Å². The third-order valence-electron chi connectivity index (χ3n) is 5.84. The fourth-order valence-electron chi connectivity index (χ4n) is 4.06. The second-order valence-electron chi connectivity index (χ2n) is 8.12. The van der Waals surface area contributed by atoms with Gasteiger partial charge in [0.1, 0.15) is 0 Å². The van der Waals surface area contributed by atoms with Crippen molar-refractivity contribution in [1.29, 1.82) is 0 Å². The summed E-state index contributed by atoms with van der Waals surface area (Å²) in [5, 5.41) is 0. The van der Waals surface area contributed by atoms with Crippen LogP contribution in [-0.4, -0.2) is 33.9 Å². The lowest BCUT2D eigenvalue weighted by Crippen LogP contribution is -2.39. The summed E-state index contributed by atoms with van der Waals surface area (Å²) in [6.45, 7) is 1.38. The van der Waals surface area contributed by atoms with Crippen LogP contribution >= 0.6 is 0 Å². The van der Waals surface area contributed by atoms with Crippen molar-refractivity contribution in [2.24, 2.45) is 0 Å². The molecule has 2 aromatic heterocycles. The van der Waals surface area contributed by atoms with Gasteiger partial charge in [-0.2, -0.15) is 13.2 Å². The minimum atomic E-state index is -4.33. The van der Waals surface area contributed by atoms with Crippen molar-refractivity contribution >= 4 is 5.91 Å². The molecule has 1 aliphatic rings. The Bertz CT molecular complexity index is 1040. The molecule has 1 amide bonds. The zero-order chi connectivity index (χ0) is 22.6. The predicted octanol–water partition coefficient (Wildman–Crippen LogP) is 5.03. The highest BCUT2D eigenvalue weighted by atomic mass is 19.4. The van der Waals surface area contributed by atoms with Crippen molar-refractivity contribution in [3.8, 4) is 0 Å². The quantitative estimate of drug-likeness (QED) is 0.560. The molecule has 7 heteroatoms. The molecule has 3 aromatic rings. The highest BCUT2D eigenvalue weighted by molar-refractivity contribution is 5.78. The second-order valence-corrected chi connectivity index (χ2v) is 8.12. The maximum atomic E-state index is 12.8. The average molecular weight is 439 g/mol. The van der Waals surface area contributed by atoms with Crippen LogP contribution in [0.1, 0.15) is 46.8 Å². The number of hydrogen-bond donors (Lipinski definition) is 0. The number of rotatable bonds is 5. The van der Waals surface area contributed by atoms with Crippen LogP contribution in [0, 0.1) is 0 Å². The van der Waals surface area contributed by atoms with Gasteiger partial charge in [0.25, 0.3) is 0 Å².